The monoisotopic (exact) mass is 307 g/mol. The number of hydrogen-bond donors (Lipinski definition) is 1. The molecule has 23 heavy (non-hydrogen) atoms. The fourth-order valence-corrected chi connectivity index (χ4v) is 2.47. The summed E-state index contributed by atoms with van der Waals surface area (Å²) >= 11 is 0. The second kappa shape index (κ2) is 6.08. The van der Waals surface area contributed by atoms with Crippen LogP contribution in [0.5, 0.6) is 0 Å². The molecule has 2 aromatic carbocycles. The molecule has 1 heterocycles. The summed E-state index contributed by atoms with van der Waals surface area (Å²) in [6.07, 6.45) is 0. The van der Waals surface area contributed by atoms with E-state index >= 15 is 0 Å². The predicted molar refractivity (Wildman–Crippen MR) is 89.6 cm³/mol. The number of pyridine rings is 1. The first-order valence-corrected chi connectivity index (χ1v) is 7.39. The zero-order chi connectivity index (χ0) is 16.4. The lowest BCUT2D eigenvalue weighted by atomic mass is 10.1. The van der Waals surface area contributed by atoms with Crippen LogP contribution in [-0.4, -0.2) is 11.0 Å². The van der Waals surface area contributed by atoms with Crippen molar-refractivity contribution in [3.63, 3.8) is 0 Å². The van der Waals surface area contributed by atoms with E-state index in [1.165, 1.54) is 0 Å². The third kappa shape index (κ3) is 3.31. The van der Waals surface area contributed by atoms with Crippen molar-refractivity contribution in [1.82, 2.24) is 4.98 Å². The van der Waals surface area contributed by atoms with Gasteiger partial charge in [0.05, 0.1) is 11.1 Å². The number of hydrogen-bond acceptors (Lipinski definition) is 3. The van der Waals surface area contributed by atoms with Gasteiger partial charge in [0.15, 0.2) is 0 Å². The van der Waals surface area contributed by atoms with E-state index in [-0.39, 0.29) is 12.2 Å². The van der Waals surface area contributed by atoms with Crippen LogP contribution in [0.3, 0.4) is 0 Å². The number of carbonyl (C=O) groups excluding carboxylic acids is 1. The molecule has 0 bridgehead atoms. The van der Waals surface area contributed by atoms with E-state index in [4.69, 9.17) is 4.74 Å². The standard InChI is InChI=1S/C19H17NO3/c1-12-4-3-5-15(8-12)19(22)23-11-16-10-14-7-6-13(2)9-17(14)20-18(16)21/h3-10H,11H2,1-2H3,(H,20,21). The van der Waals surface area contributed by atoms with E-state index in [0.717, 1.165) is 22.0 Å². The van der Waals surface area contributed by atoms with Gasteiger partial charge in [0, 0.05) is 5.52 Å². The fourth-order valence-electron chi connectivity index (χ4n) is 2.47. The highest BCUT2D eigenvalue weighted by Crippen LogP contribution is 2.14. The number of fused-ring (bicyclic) bond motifs is 1. The topological polar surface area (TPSA) is 59.2 Å². The van der Waals surface area contributed by atoms with Gasteiger partial charge in [0.25, 0.3) is 5.56 Å². The van der Waals surface area contributed by atoms with Gasteiger partial charge in [-0.15, -0.1) is 0 Å². The van der Waals surface area contributed by atoms with Crippen molar-refractivity contribution in [2.45, 2.75) is 20.5 Å². The summed E-state index contributed by atoms with van der Waals surface area (Å²) in [5.74, 6) is -0.433. The first-order valence-electron chi connectivity index (χ1n) is 7.39. The van der Waals surface area contributed by atoms with Gasteiger partial charge in [-0.3, -0.25) is 4.79 Å². The molecule has 4 nitrogen and oxygen atoms in total. The predicted octanol–water partition coefficient (Wildman–Crippen LogP) is 3.50. The van der Waals surface area contributed by atoms with E-state index < -0.39 is 5.97 Å². The molecular formula is C19H17NO3. The van der Waals surface area contributed by atoms with Crippen LogP contribution in [0.2, 0.25) is 0 Å². The van der Waals surface area contributed by atoms with Crippen molar-refractivity contribution < 1.29 is 9.53 Å². The largest absolute Gasteiger partial charge is 0.457 e. The third-order valence-corrected chi connectivity index (χ3v) is 3.69. The summed E-state index contributed by atoms with van der Waals surface area (Å²) in [6, 6.07) is 14.8. The van der Waals surface area contributed by atoms with E-state index in [1.54, 1.807) is 24.3 Å². The molecule has 0 aliphatic heterocycles. The molecule has 0 aliphatic carbocycles. The fraction of sp³-hybridized carbons (Fsp3) is 0.158. The molecule has 0 fully saturated rings. The zero-order valence-electron chi connectivity index (χ0n) is 13.1. The molecule has 1 aromatic heterocycles. The van der Waals surface area contributed by atoms with Gasteiger partial charge in [0.2, 0.25) is 0 Å². The SMILES string of the molecule is Cc1cccc(C(=O)OCc2cc3ccc(C)cc3[nH]c2=O)c1. The molecule has 3 aromatic rings. The minimum atomic E-state index is -0.433. The maximum absolute atomic E-state index is 12.1. The molecule has 4 heteroatoms. The lowest BCUT2D eigenvalue weighted by Crippen LogP contribution is -2.15. The van der Waals surface area contributed by atoms with E-state index in [0.29, 0.717) is 11.1 Å². The highest BCUT2D eigenvalue weighted by atomic mass is 16.5. The summed E-state index contributed by atoms with van der Waals surface area (Å²) in [5.41, 5.74) is 3.52. The zero-order valence-corrected chi connectivity index (χ0v) is 13.1. The van der Waals surface area contributed by atoms with Crippen molar-refractivity contribution in [1.29, 1.82) is 0 Å². The molecule has 116 valence electrons. The Morgan fingerprint density at radius 3 is 2.61 bits per heavy atom. The Hall–Kier alpha value is -2.88. The molecule has 1 N–H and O–H groups in total. The van der Waals surface area contributed by atoms with Crippen molar-refractivity contribution in [2.24, 2.45) is 0 Å². The molecule has 0 saturated heterocycles. The molecule has 0 saturated carbocycles. The Morgan fingerprint density at radius 1 is 1.04 bits per heavy atom. The summed E-state index contributed by atoms with van der Waals surface area (Å²) in [4.78, 5) is 27.0. The van der Waals surface area contributed by atoms with Crippen LogP contribution in [0.4, 0.5) is 0 Å². The highest BCUT2D eigenvalue weighted by molar-refractivity contribution is 5.89. The number of rotatable bonds is 3. The van der Waals surface area contributed by atoms with Crippen LogP contribution in [0.25, 0.3) is 10.9 Å². The Morgan fingerprint density at radius 2 is 1.83 bits per heavy atom. The van der Waals surface area contributed by atoms with Gasteiger partial charge in [-0.05, 0) is 49.1 Å². The van der Waals surface area contributed by atoms with Crippen molar-refractivity contribution in [2.75, 3.05) is 0 Å². The number of esters is 1. The van der Waals surface area contributed by atoms with Crippen LogP contribution in [-0.2, 0) is 11.3 Å². The van der Waals surface area contributed by atoms with Gasteiger partial charge in [-0.1, -0.05) is 29.8 Å². The molecule has 0 aliphatic rings. The van der Waals surface area contributed by atoms with Gasteiger partial charge >= 0.3 is 5.97 Å². The maximum Gasteiger partial charge on any atom is 0.338 e. The normalized spacial score (nSPS) is 10.7. The molecule has 0 atom stereocenters. The summed E-state index contributed by atoms with van der Waals surface area (Å²) < 4.78 is 5.26. The van der Waals surface area contributed by atoms with Crippen molar-refractivity contribution in [3.8, 4) is 0 Å². The number of benzene rings is 2. The van der Waals surface area contributed by atoms with Gasteiger partial charge < -0.3 is 9.72 Å². The van der Waals surface area contributed by atoms with E-state index in [2.05, 4.69) is 4.98 Å². The molecule has 3 rings (SSSR count). The number of aromatic amines is 1. The molecular weight excluding hydrogens is 290 g/mol. The van der Waals surface area contributed by atoms with Crippen LogP contribution in [0, 0.1) is 13.8 Å². The Balaban J connectivity index is 1.81. The minimum absolute atomic E-state index is 0.0497. The van der Waals surface area contributed by atoms with Gasteiger partial charge in [-0.2, -0.15) is 0 Å². The number of aryl methyl sites for hydroxylation is 2. The van der Waals surface area contributed by atoms with E-state index in [1.807, 2.05) is 38.1 Å². The highest BCUT2D eigenvalue weighted by Gasteiger charge is 2.10. The number of aromatic nitrogens is 1. The number of ether oxygens (including phenoxy) is 1. The Bertz CT molecular complexity index is 941. The molecule has 0 amide bonds. The molecule has 0 spiro atoms. The average Bonchev–Trinajstić information content (AvgIpc) is 2.52. The maximum atomic E-state index is 12.1. The van der Waals surface area contributed by atoms with Crippen molar-refractivity contribution >= 4 is 16.9 Å². The van der Waals surface area contributed by atoms with Gasteiger partial charge in [-0.25, -0.2) is 4.79 Å². The Kier molecular flexibility index (Phi) is 3.98. The summed E-state index contributed by atoms with van der Waals surface area (Å²) in [7, 11) is 0. The van der Waals surface area contributed by atoms with Crippen molar-refractivity contribution in [3.05, 3.63) is 81.1 Å². The number of nitrogens with one attached hydrogen (secondary N) is 1. The average molecular weight is 307 g/mol. The quantitative estimate of drug-likeness (QED) is 0.753. The van der Waals surface area contributed by atoms with E-state index in [9.17, 15) is 9.59 Å². The molecule has 0 radical (unpaired) electrons. The van der Waals surface area contributed by atoms with Gasteiger partial charge in [0.1, 0.15) is 6.61 Å². The lowest BCUT2D eigenvalue weighted by Gasteiger charge is -2.07. The first kappa shape index (κ1) is 15.0. The summed E-state index contributed by atoms with van der Waals surface area (Å²) in [6.45, 7) is 3.83. The summed E-state index contributed by atoms with van der Waals surface area (Å²) in [5, 5.41) is 0.914. The molecule has 0 unspecified atom stereocenters. The second-order valence-corrected chi connectivity index (χ2v) is 5.66. The third-order valence-electron chi connectivity index (χ3n) is 3.69. The van der Waals surface area contributed by atoms with Crippen LogP contribution in [0.1, 0.15) is 27.0 Å². The van der Waals surface area contributed by atoms with Crippen LogP contribution >= 0.6 is 0 Å². The number of carbonyl (C=O) groups is 1. The second-order valence-electron chi connectivity index (χ2n) is 5.66. The lowest BCUT2D eigenvalue weighted by molar-refractivity contribution is 0.0471. The minimum Gasteiger partial charge on any atom is -0.457 e. The number of H-pyrrole nitrogens is 1. The first-order chi connectivity index (χ1) is 11.0. The smallest absolute Gasteiger partial charge is 0.338 e. The van der Waals surface area contributed by atoms with Crippen LogP contribution in [0.15, 0.2) is 53.3 Å². The van der Waals surface area contributed by atoms with Crippen LogP contribution < -0.4 is 5.56 Å². The Labute approximate surface area is 133 Å².